The van der Waals surface area contributed by atoms with E-state index in [1.165, 1.54) is 0 Å². The maximum absolute atomic E-state index is 13.4. The fourth-order valence-corrected chi connectivity index (χ4v) is 1.98. The quantitative estimate of drug-likeness (QED) is 0.626. The van der Waals surface area contributed by atoms with Crippen molar-refractivity contribution in [3.8, 4) is 11.5 Å². The molecule has 106 valence electrons. The van der Waals surface area contributed by atoms with Gasteiger partial charge in [-0.15, -0.1) is 0 Å². The summed E-state index contributed by atoms with van der Waals surface area (Å²) in [4.78, 5) is 0. The molecule has 0 atom stereocenters. The third-order valence-corrected chi connectivity index (χ3v) is 3.67. The standard InChI is InChI=1S/C16H15BrF2O/c1-16(2,3)10-4-6-11(7-5-10)20-12-8-13(18)15(17)14(19)9-12/h4-9H,1-3H3. The van der Waals surface area contributed by atoms with Crippen LogP contribution >= 0.6 is 15.9 Å². The van der Waals surface area contributed by atoms with Gasteiger partial charge in [-0.2, -0.15) is 0 Å². The molecule has 0 bridgehead atoms. The van der Waals surface area contributed by atoms with E-state index in [-0.39, 0.29) is 15.6 Å². The lowest BCUT2D eigenvalue weighted by atomic mass is 9.87. The van der Waals surface area contributed by atoms with Gasteiger partial charge in [0, 0.05) is 12.1 Å². The van der Waals surface area contributed by atoms with E-state index < -0.39 is 11.6 Å². The van der Waals surface area contributed by atoms with Gasteiger partial charge in [-0.25, -0.2) is 8.78 Å². The minimum absolute atomic E-state index is 0.0500. The number of hydrogen-bond acceptors (Lipinski definition) is 1. The lowest BCUT2D eigenvalue weighted by molar-refractivity contribution is 0.465. The van der Waals surface area contributed by atoms with Crippen LogP contribution in [-0.4, -0.2) is 0 Å². The highest BCUT2D eigenvalue weighted by Gasteiger charge is 2.14. The molecular weight excluding hydrogens is 326 g/mol. The molecule has 0 saturated heterocycles. The summed E-state index contributed by atoms with van der Waals surface area (Å²) in [6, 6.07) is 9.76. The molecular formula is C16H15BrF2O. The second kappa shape index (κ2) is 5.52. The van der Waals surface area contributed by atoms with E-state index in [2.05, 4.69) is 36.7 Å². The summed E-state index contributed by atoms with van der Waals surface area (Å²) >= 11 is 2.82. The molecule has 0 aliphatic carbocycles. The Morgan fingerprint density at radius 2 is 1.40 bits per heavy atom. The zero-order chi connectivity index (χ0) is 14.9. The van der Waals surface area contributed by atoms with Crippen LogP contribution < -0.4 is 4.74 Å². The highest BCUT2D eigenvalue weighted by molar-refractivity contribution is 9.10. The molecule has 0 amide bonds. The second-order valence-corrected chi connectivity index (χ2v) is 6.37. The van der Waals surface area contributed by atoms with Gasteiger partial charge in [-0.3, -0.25) is 0 Å². The van der Waals surface area contributed by atoms with Crippen LogP contribution in [0.15, 0.2) is 40.9 Å². The average Bonchev–Trinajstić information content (AvgIpc) is 2.35. The van der Waals surface area contributed by atoms with Crippen molar-refractivity contribution in [3.63, 3.8) is 0 Å². The van der Waals surface area contributed by atoms with Crippen LogP contribution in [0, 0.1) is 11.6 Å². The number of ether oxygens (including phenoxy) is 1. The van der Waals surface area contributed by atoms with E-state index in [1.54, 1.807) is 12.1 Å². The predicted molar refractivity (Wildman–Crippen MR) is 79.3 cm³/mol. The van der Waals surface area contributed by atoms with Crippen LogP contribution in [0.5, 0.6) is 11.5 Å². The van der Waals surface area contributed by atoms with Crippen molar-refractivity contribution in [2.24, 2.45) is 0 Å². The van der Waals surface area contributed by atoms with Crippen LogP contribution in [-0.2, 0) is 5.41 Å². The molecule has 1 nitrogen and oxygen atoms in total. The second-order valence-electron chi connectivity index (χ2n) is 5.58. The fraction of sp³-hybridized carbons (Fsp3) is 0.250. The first kappa shape index (κ1) is 15.0. The molecule has 0 heterocycles. The maximum atomic E-state index is 13.4. The number of rotatable bonds is 2. The van der Waals surface area contributed by atoms with Crippen molar-refractivity contribution < 1.29 is 13.5 Å². The Hall–Kier alpha value is -1.42. The lowest BCUT2D eigenvalue weighted by Crippen LogP contribution is -2.10. The Morgan fingerprint density at radius 3 is 1.85 bits per heavy atom. The van der Waals surface area contributed by atoms with Gasteiger partial charge >= 0.3 is 0 Å². The maximum Gasteiger partial charge on any atom is 0.144 e. The summed E-state index contributed by atoms with van der Waals surface area (Å²) in [5.41, 5.74) is 1.21. The van der Waals surface area contributed by atoms with Gasteiger partial charge in [0.05, 0.1) is 4.47 Å². The zero-order valence-electron chi connectivity index (χ0n) is 11.5. The van der Waals surface area contributed by atoms with Crippen molar-refractivity contribution in [3.05, 3.63) is 58.1 Å². The molecule has 0 N–H and O–H groups in total. The van der Waals surface area contributed by atoms with E-state index in [9.17, 15) is 8.78 Å². The van der Waals surface area contributed by atoms with E-state index in [0.717, 1.165) is 17.7 Å². The molecule has 0 fully saturated rings. The summed E-state index contributed by atoms with van der Waals surface area (Å²) in [6.45, 7) is 6.34. The van der Waals surface area contributed by atoms with E-state index >= 15 is 0 Å². The van der Waals surface area contributed by atoms with Gasteiger partial charge in [0.15, 0.2) is 0 Å². The topological polar surface area (TPSA) is 9.23 Å². The molecule has 0 spiro atoms. The number of benzene rings is 2. The van der Waals surface area contributed by atoms with Gasteiger partial charge < -0.3 is 4.74 Å². The van der Waals surface area contributed by atoms with Gasteiger partial charge in [-0.1, -0.05) is 32.9 Å². The molecule has 2 aromatic carbocycles. The first-order valence-electron chi connectivity index (χ1n) is 6.20. The van der Waals surface area contributed by atoms with E-state index in [0.29, 0.717) is 5.75 Å². The van der Waals surface area contributed by atoms with Gasteiger partial charge in [-0.05, 0) is 39.0 Å². The third-order valence-electron chi connectivity index (χ3n) is 2.91. The lowest BCUT2D eigenvalue weighted by Gasteiger charge is -2.19. The fourth-order valence-electron chi connectivity index (χ4n) is 1.75. The highest BCUT2D eigenvalue weighted by atomic mass is 79.9. The largest absolute Gasteiger partial charge is 0.457 e. The summed E-state index contributed by atoms with van der Waals surface area (Å²) in [5, 5.41) is 0. The Balaban J connectivity index is 2.23. The van der Waals surface area contributed by atoms with Crippen LogP contribution in [0.2, 0.25) is 0 Å². The van der Waals surface area contributed by atoms with Crippen LogP contribution in [0.3, 0.4) is 0 Å². The SMILES string of the molecule is CC(C)(C)c1ccc(Oc2cc(F)c(Br)c(F)c2)cc1. The minimum atomic E-state index is -0.689. The van der Waals surface area contributed by atoms with Gasteiger partial charge in [0.1, 0.15) is 23.1 Å². The molecule has 0 radical (unpaired) electrons. The average molecular weight is 341 g/mol. The summed E-state index contributed by atoms with van der Waals surface area (Å²) in [5.74, 6) is -0.705. The van der Waals surface area contributed by atoms with Crippen LogP contribution in [0.25, 0.3) is 0 Å². The van der Waals surface area contributed by atoms with Crippen molar-refractivity contribution in [1.82, 2.24) is 0 Å². The van der Waals surface area contributed by atoms with Gasteiger partial charge in [0.25, 0.3) is 0 Å². The summed E-state index contributed by atoms with van der Waals surface area (Å²) < 4.78 is 32.1. The van der Waals surface area contributed by atoms with Crippen molar-refractivity contribution >= 4 is 15.9 Å². The Morgan fingerprint density at radius 1 is 0.900 bits per heavy atom. The Kier molecular flexibility index (Phi) is 4.14. The van der Waals surface area contributed by atoms with Crippen LogP contribution in [0.1, 0.15) is 26.3 Å². The first-order valence-corrected chi connectivity index (χ1v) is 6.99. The minimum Gasteiger partial charge on any atom is -0.457 e. The van der Waals surface area contributed by atoms with E-state index in [4.69, 9.17) is 4.74 Å². The monoisotopic (exact) mass is 340 g/mol. The molecule has 0 aliphatic rings. The molecule has 2 rings (SSSR count). The molecule has 20 heavy (non-hydrogen) atoms. The predicted octanol–water partition coefficient (Wildman–Crippen LogP) is 5.82. The molecule has 0 unspecified atom stereocenters. The molecule has 0 aromatic heterocycles. The first-order chi connectivity index (χ1) is 9.27. The van der Waals surface area contributed by atoms with Crippen molar-refractivity contribution in [1.29, 1.82) is 0 Å². The number of hydrogen-bond donors (Lipinski definition) is 0. The molecule has 2 aromatic rings. The number of halogens is 3. The van der Waals surface area contributed by atoms with Crippen LogP contribution in [0.4, 0.5) is 8.78 Å². The Bertz CT molecular complexity index is 592. The molecule has 0 aliphatic heterocycles. The highest BCUT2D eigenvalue weighted by Crippen LogP contribution is 2.30. The van der Waals surface area contributed by atoms with Crippen molar-refractivity contribution in [2.75, 3.05) is 0 Å². The van der Waals surface area contributed by atoms with E-state index in [1.807, 2.05) is 12.1 Å². The normalized spacial score (nSPS) is 11.5. The third kappa shape index (κ3) is 3.37. The van der Waals surface area contributed by atoms with Gasteiger partial charge in [0.2, 0.25) is 0 Å². The summed E-state index contributed by atoms with van der Waals surface area (Å²) in [7, 11) is 0. The molecule has 4 heteroatoms. The Labute approximate surface area is 125 Å². The van der Waals surface area contributed by atoms with Crippen molar-refractivity contribution in [2.45, 2.75) is 26.2 Å². The summed E-state index contributed by atoms with van der Waals surface area (Å²) in [6.07, 6.45) is 0. The smallest absolute Gasteiger partial charge is 0.144 e. The zero-order valence-corrected chi connectivity index (χ0v) is 13.1. The molecule has 0 saturated carbocycles.